The fourth-order valence-electron chi connectivity index (χ4n) is 2.55. The maximum atomic E-state index is 12.7. The number of hydrogen-bond donors (Lipinski definition) is 1. The molecule has 1 atom stereocenters. The Morgan fingerprint density at radius 3 is 2.29 bits per heavy atom. The van der Waals surface area contributed by atoms with Crippen molar-refractivity contribution in [2.45, 2.75) is 44.7 Å². The van der Waals surface area contributed by atoms with Gasteiger partial charge in [-0.15, -0.1) is 0 Å². The maximum Gasteiger partial charge on any atom is 0.331 e. The first-order valence-electron chi connectivity index (χ1n) is 8.84. The van der Waals surface area contributed by atoms with E-state index in [9.17, 15) is 13.2 Å². The summed E-state index contributed by atoms with van der Waals surface area (Å²) < 4.78 is 32.8. The van der Waals surface area contributed by atoms with Gasteiger partial charge in [-0.05, 0) is 58.0 Å². The van der Waals surface area contributed by atoms with Gasteiger partial charge in [-0.2, -0.15) is 0 Å². The molecule has 0 aliphatic rings. The number of sulfonamides is 1. The second kappa shape index (κ2) is 8.96. The molecule has 8 heteroatoms. The van der Waals surface area contributed by atoms with Gasteiger partial charge in [0.25, 0.3) is 10.0 Å². The first kappa shape index (κ1) is 22.2. The van der Waals surface area contributed by atoms with E-state index in [-0.39, 0.29) is 11.0 Å². The number of aryl methyl sites for hydroxylation is 1. The molecule has 2 rings (SSSR count). The number of benzene rings is 2. The van der Waals surface area contributed by atoms with Gasteiger partial charge in [0.15, 0.2) is 0 Å². The predicted octanol–water partition coefficient (Wildman–Crippen LogP) is 4.64. The zero-order chi connectivity index (χ0) is 21.1. The number of hydrogen-bond acceptors (Lipinski definition) is 4. The Labute approximate surface area is 175 Å². The van der Waals surface area contributed by atoms with Gasteiger partial charge in [0.05, 0.1) is 17.0 Å². The minimum Gasteiger partial charge on any atom is -0.491 e. The second-order valence-corrected chi connectivity index (χ2v) is 9.69. The number of amides is 2. The summed E-state index contributed by atoms with van der Waals surface area (Å²) in [6.07, 6.45) is -0.0348. The standard InChI is InChI=1S/C20H25BrN2O4S/c1-13(2)27-19-11-8-16(21)12-18(19)15(4)22-20(24)23(5)28(25,26)17-9-6-14(3)7-10-17/h6-13,15H,1-5H3,(H,22,24). The van der Waals surface area contributed by atoms with Crippen molar-refractivity contribution in [2.24, 2.45) is 0 Å². The molecule has 0 aromatic heterocycles. The van der Waals surface area contributed by atoms with Crippen LogP contribution in [0.1, 0.15) is 37.9 Å². The molecule has 0 spiro atoms. The van der Waals surface area contributed by atoms with E-state index < -0.39 is 22.1 Å². The Kier molecular flexibility index (Phi) is 7.11. The number of urea groups is 1. The lowest BCUT2D eigenvalue weighted by Crippen LogP contribution is -2.42. The third kappa shape index (κ3) is 5.26. The van der Waals surface area contributed by atoms with Crippen LogP contribution in [-0.4, -0.2) is 31.9 Å². The van der Waals surface area contributed by atoms with Crippen molar-refractivity contribution in [3.05, 3.63) is 58.1 Å². The molecule has 152 valence electrons. The highest BCUT2D eigenvalue weighted by Crippen LogP contribution is 2.29. The molecular formula is C20H25BrN2O4S. The van der Waals surface area contributed by atoms with E-state index in [0.717, 1.165) is 19.9 Å². The smallest absolute Gasteiger partial charge is 0.331 e. The number of carbonyl (C=O) groups is 1. The van der Waals surface area contributed by atoms with Crippen LogP contribution < -0.4 is 10.1 Å². The molecule has 0 fully saturated rings. The zero-order valence-electron chi connectivity index (χ0n) is 16.6. The topological polar surface area (TPSA) is 75.7 Å². The van der Waals surface area contributed by atoms with Crippen molar-refractivity contribution >= 4 is 32.0 Å². The van der Waals surface area contributed by atoms with Crippen LogP contribution in [0.5, 0.6) is 5.75 Å². The summed E-state index contributed by atoms with van der Waals surface area (Å²) in [4.78, 5) is 12.7. The molecule has 0 radical (unpaired) electrons. The van der Waals surface area contributed by atoms with E-state index in [1.165, 1.54) is 19.2 Å². The highest BCUT2D eigenvalue weighted by atomic mass is 79.9. The Hall–Kier alpha value is -2.06. The van der Waals surface area contributed by atoms with Crippen molar-refractivity contribution in [1.82, 2.24) is 9.62 Å². The summed E-state index contributed by atoms with van der Waals surface area (Å²) in [5.74, 6) is 0.634. The van der Waals surface area contributed by atoms with Crippen LogP contribution in [0.3, 0.4) is 0 Å². The number of nitrogens with zero attached hydrogens (tertiary/aromatic N) is 1. The summed E-state index contributed by atoms with van der Waals surface area (Å²) in [6.45, 7) is 7.47. The predicted molar refractivity (Wildman–Crippen MR) is 113 cm³/mol. The number of ether oxygens (including phenoxy) is 1. The molecule has 1 unspecified atom stereocenters. The summed E-state index contributed by atoms with van der Waals surface area (Å²) in [5.41, 5.74) is 1.68. The molecule has 0 bridgehead atoms. The van der Waals surface area contributed by atoms with Crippen molar-refractivity contribution in [2.75, 3.05) is 7.05 Å². The summed E-state index contributed by atoms with van der Waals surface area (Å²) >= 11 is 3.42. The third-order valence-electron chi connectivity index (χ3n) is 4.11. The first-order valence-corrected chi connectivity index (χ1v) is 11.1. The fraction of sp³-hybridized carbons (Fsp3) is 0.350. The Bertz CT molecular complexity index is 943. The lowest BCUT2D eigenvalue weighted by molar-refractivity contribution is 0.222. The van der Waals surface area contributed by atoms with Crippen molar-refractivity contribution in [3.8, 4) is 5.75 Å². The zero-order valence-corrected chi connectivity index (χ0v) is 19.0. The Morgan fingerprint density at radius 2 is 1.71 bits per heavy atom. The van der Waals surface area contributed by atoms with E-state index in [4.69, 9.17) is 4.74 Å². The van der Waals surface area contributed by atoms with Gasteiger partial charge in [-0.25, -0.2) is 17.5 Å². The summed E-state index contributed by atoms with van der Waals surface area (Å²) in [5, 5.41) is 2.73. The number of carbonyl (C=O) groups excluding carboxylic acids is 1. The van der Waals surface area contributed by atoms with E-state index >= 15 is 0 Å². The molecule has 2 aromatic carbocycles. The first-order chi connectivity index (χ1) is 13.0. The largest absolute Gasteiger partial charge is 0.491 e. The van der Waals surface area contributed by atoms with Crippen LogP contribution in [0.2, 0.25) is 0 Å². The van der Waals surface area contributed by atoms with Crippen LogP contribution >= 0.6 is 15.9 Å². The highest BCUT2D eigenvalue weighted by molar-refractivity contribution is 9.10. The molecule has 0 aliphatic heterocycles. The minimum atomic E-state index is -3.94. The summed E-state index contributed by atoms with van der Waals surface area (Å²) in [6, 6.07) is 10.7. The van der Waals surface area contributed by atoms with Crippen LogP contribution in [0.25, 0.3) is 0 Å². The normalized spacial score (nSPS) is 12.5. The number of rotatable bonds is 6. The van der Waals surface area contributed by atoms with E-state index in [1.807, 2.05) is 39.0 Å². The van der Waals surface area contributed by atoms with Gasteiger partial charge < -0.3 is 10.1 Å². The average Bonchev–Trinajstić information content (AvgIpc) is 2.62. The monoisotopic (exact) mass is 468 g/mol. The van der Waals surface area contributed by atoms with Gasteiger partial charge >= 0.3 is 6.03 Å². The third-order valence-corrected chi connectivity index (χ3v) is 6.35. The van der Waals surface area contributed by atoms with Gasteiger partial charge in [-0.1, -0.05) is 33.6 Å². The fourth-order valence-corrected chi connectivity index (χ4v) is 4.00. The van der Waals surface area contributed by atoms with Crippen LogP contribution in [0.4, 0.5) is 4.79 Å². The lowest BCUT2D eigenvalue weighted by Gasteiger charge is -2.23. The molecule has 0 saturated heterocycles. The molecule has 1 N–H and O–H groups in total. The SMILES string of the molecule is Cc1ccc(S(=O)(=O)N(C)C(=O)NC(C)c2cc(Br)ccc2OC(C)C)cc1. The second-order valence-electron chi connectivity index (χ2n) is 6.81. The molecule has 6 nitrogen and oxygen atoms in total. The Morgan fingerprint density at radius 1 is 1.11 bits per heavy atom. The van der Waals surface area contributed by atoms with E-state index in [1.54, 1.807) is 19.1 Å². The minimum absolute atomic E-state index is 0.0348. The molecular weight excluding hydrogens is 444 g/mol. The van der Waals surface area contributed by atoms with Crippen LogP contribution in [0.15, 0.2) is 51.8 Å². The number of nitrogens with one attached hydrogen (secondary N) is 1. The van der Waals surface area contributed by atoms with Gasteiger partial charge in [-0.3, -0.25) is 0 Å². The maximum absolute atomic E-state index is 12.7. The summed E-state index contributed by atoms with van der Waals surface area (Å²) in [7, 11) is -2.70. The average molecular weight is 469 g/mol. The quantitative estimate of drug-likeness (QED) is 0.669. The van der Waals surface area contributed by atoms with Gasteiger partial charge in [0, 0.05) is 17.1 Å². The van der Waals surface area contributed by atoms with Crippen LogP contribution in [0, 0.1) is 6.92 Å². The highest BCUT2D eigenvalue weighted by Gasteiger charge is 2.27. The number of halogens is 1. The molecule has 2 amide bonds. The van der Waals surface area contributed by atoms with E-state index in [2.05, 4.69) is 21.2 Å². The van der Waals surface area contributed by atoms with Crippen LogP contribution in [-0.2, 0) is 10.0 Å². The van der Waals surface area contributed by atoms with E-state index in [0.29, 0.717) is 5.75 Å². The van der Waals surface area contributed by atoms with Crippen molar-refractivity contribution in [1.29, 1.82) is 0 Å². The Balaban J connectivity index is 2.22. The van der Waals surface area contributed by atoms with Gasteiger partial charge in [0.2, 0.25) is 0 Å². The molecule has 0 aliphatic carbocycles. The molecule has 0 heterocycles. The molecule has 2 aromatic rings. The molecule has 28 heavy (non-hydrogen) atoms. The lowest BCUT2D eigenvalue weighted by atomic mass is 10.1. The van der Waals surface area contributed by atoms with Gasteiger partial charge in [0.1, 0.15) is 5.75 Å². The van der Waals surface area contributed by atoms with Crippen molar-refractivity contribution in [3.63, 3.8) is 0 Å². The molecule has 0 saturated carbocycles. The van der Waals surface area contributed by atoms with Crippen molar-refractivity contribution < 1.29 is 17.9 Å².